The Kier molecular flexibility index (Phi) is 6.10. The maximum Gasteiger partial charge on any atom is 0.181 e. The zero-order valence-electron chi connectivity index (χ0n) is 24.8. The van der Waals surface area contributed by atoms with Gasteiger partial charge in [0.2, 0.25) is 0 Å². The van der Waals surface area contributed by atoms with Crippen molar-refractivity contribution in [1.82, 2.24) is 19.9 Å². The van der Waals surface area contributed by atoms with Gasteiger partial charge in [0.25, 0.3) is 0 Å². The number of nitrogens with zero attached hydrogens (tertiary/aromatic N) is 4. The minimum Gasteiger partial charge on any atom is -0.244 e. The third-order valence-corrected chi connectivity index (χ3v) is 8.87. The minimum atomic E-state index is 0.555. The van der Waals surface area contributed by atoms with Gasteiger partial charge in [-0.2, -0.15) is 0 Å². The summed E-state index contributed by atoms with van der Waals surface area (Å²) in [6.45, 7) is 0. The minimum absolute atomic E-state index is 0.555. The molecule has 0 radical (unpaired) electrons. The first-order chi connectivity index (χ1) is 22.8. The van der Waals surface area contributed by atoms with Gasteiger partial charge in [0.1, 0.15) is 18.3 Å². The van der Waals surface area contributed by atoms with Gasteiger partial charge in [-0.15, -0.1) is 0 Å². The molecule has 7 aromatic carbocycles. The molecule has 4 nitrogen and oxygen atoms in total. The number of rotatable bonds is 4. The average molecular weight is 587 g/mol. The Morgan fingerprint density at radius 1 is 0.348 bits per heavy atom. The molecule has 4 heteroatoms. The lowest BCUT2D eigenvalue weighted by molar-refractivity contribution is 1.04. The lowest BCUT2D eigenvalue weighted by Crippen LogP contribution is -1.94. The summed E-state index contributed by atoms with van der Waals surface area (Å²) < 4.78 is 0. The predicted octanol–water partition coefficient (Wildman–Crippen LogP) is 10.5. The highest BCUT2D eigenvalue weighted by atomic mass is 15.0. The number of aromatic nitrogens is 4. The van der Waals surface area contributed by atoms with E-state index in [9.17, 15) is 0 Å². The van der Waals surface area contributed by atoms with Gasteiger partial charge in [0.15, 0.2) is 5.82 Å². The molecule has 214 valence electrons. The molecule has 9 rings (SSSR count). The average Bonchev–Trinajstić information content (AvgIpc) is 3.13. The summed E-state index contributed by atoms with van der Waals surface area (Å²) in [6, 6.07) is 52.3. The maximum atomic E-state index is 4.99. The van der Waals surface area contributed by atoms with Gasteiger partial charge in [-0.25, -0.2) is 19.9 Å². The van der Waals surface area contributed by atoms with Crippen LogP contribution in [0.25, 0.3) is 88.1 Å². The number of hydrogen-bond acceptors (Lipinski definition) is 4. The van der Waals surface area contributed by atoms with Crippen LogP contribution in [-0.2, 0) is 0 Å². The van der Waals surface area contributed by atoms with Gasteiger partial charge < -0.3 is 0 Å². The van der Waals surface area contributed by atoms with Crippen molar-refractivity contribution in [1.29, 1.82) is 0 Å². The van der Waals surface area contributed by atoms with Crippen LogP contribution in [0.2, 0.25) is 0 Å². The molecule has 0 unspecified atom stereocenters. The van der Waals surface area contributed by atoms with E-state index in [1.165, 1.54) is 78.0 Å². The predicted molar refractivity (Wildman–Crippen MR) is 189 cm³/mol. The second kappa shape index (κ2) is 10.7. The van der Waals surface area contributed by atoms with Crippen LogP contribution in [0.3, 0.4) is 0 Å². The van der Waals surface area contributed by atoms with Crippen molar-refractivity contribution < 1.29 is 0 Å². The van der Waals surface area contributed by atoms with Crippen molar-refractivity contribution in [3.8, 4) is 45.0 Å². The van der Waals surface area contributed by atoms with Crippen LogP contribution in [0.5, 0.6) is 0 Å². The van der Waals surface area contributed by atoms with Gasteiger partial charge in [0.05, 0.1) is 5.69 Å². The third-order valence-electron chi connectivity index (χ3n) is 8.87. The summed E-state index contributed by atoms with van der Waals surface area (Å²) in [5.41, 5.74) is 7.46. The Bertz CT molecular complexity index is 2590. The van der Waals surface area contributed by atoms with E-state index in [0.29, 0.717) is 11.5 Å². The molecule has 0 bridgehead atoms. The summed E-state index contributed by atoms with van der Waals surface area (Å²) in [4.78, 5) is 17.6. The highest BCUT2D eigenvalue weighted by Crippen LogP contribution is 2.45. The lowest BCUT2D eigenvalue weighted by Gasteiger charge is -2.19. The first kappa shape index (κ1) is 26.2. The fourth-order valence-electron chi connectivity index (χ4n) is 6.74. The van der Waals surface area contributed by atoms with Crippen LogP contribution in [0, 0.1) is 0 Å². The van der Waals surface area contributed by atoms with E-state index in [2.05, 4.69) is 142 Å². The normalized spacial score (nSPS) is 11.5. The molecule has 0 aliphatic rings. The molecule has 0 fully saturated rings. The second-order valence-corrected chi connectivity index (χ2v) is 11.5. The molecule has 0 amide bonds. The molecule has 0 aliphatic carbocycles. The molecule has 0 N–H and O–H groups in total. The first-order valence-corrected chi connectivity index (χ1v) is 15.4. The Balaban J connectivity index is 1.36. The van der Waals surface area contributed by atoms with E-state index in [4.69, 9.17) is 4.98 Å². The zero-order chi connectivity index (χ0) is 30.5. The van der Waals surface area contributed by atoms with Crippen LogP contribution < -0.4 is 0 Å². The Labute approximate surface area is 265 Å². The largest absolute Gasteiger partial charge is 0.244 e. The number of benzene rings is 7. The van der Waals surface area contributed by atoms with Gasteiger partial charge in [-0.3, -0.25) is 0 Å². The smallest absolute Gasteiger partial charge is 0.181 e. The van der Waals surface area contributed by atoms with Crippen molar-refractivity contribution in [2.24, 2.45) is 0 Å². The van der Waals surface area contributed by atoms with Crippen molar-refractivity contribution >= 4 is 43.1 Å². The molecule has 2 heterocycles. The van der Waals surface area contributed by atoms with Crippen molar-refractivity contribution in [2.75, 3.05) is 0 Å². The molecule has 2 aromatic heterocycles. The van der Waals surface area contributed by atoms with Gasteiger partial charge >= 0.3 is 0 Å². The summed E-state index contributed by atoms with van der Waals surface area (Å²) >= 11 is 0. The zero-order valence-corrected chi connectivity index (χ0v) is 24.8. The van der Waals surface area contributed by atoms with E-state index >= 15 is 0 Å². The Morgan fingerprint density at radius 3 is 1.52 bits per heavy atom. The van der Waals surface area contributed by atoms with Crippen LogP contribution in [0.4, 0.5) is 0 Å². The summed E-state index contributed by atoms with van der Waals surface area (Å²) in [5, 5.41) is 9.75. The third kappa shape index (κ3) is 4.39. The standard InChI is InChI=1S/C42H26N4/c1-3-10-29-22-32(18-16-27(29)8-1)40-34-12-5-6-13-35(34)41(33-19-17-28-9-2-4-11-30(28)23-33)37-24-31(20-21-36(37)40)38-14-7-15-39(46-38)42-44-25-43-26-45-42/h1-26H. The fraction of sp³-hybridized carbons (Fsp3) is 0. The van der Waals surface area contributed by atoms with E-state index in [-0.39, 0.29) is 0 Å². The summed E-state index contributed by atoms with van der Waals surface area (Å²) in [5.74, 6) is 0.555. The molecule has 0 saturated carbocycles. The van der Waals surface area contributed by atoms with Gasteiger partial charge in [0, 0.05) is 5.56 Å². The van der Waals surface area contributed by atoms with E-state index in [1.807, 2.05) is 18.2 Å². The lowest BCUT2D eigenvalue weighted by atomic mass is 9.84. The van der Waals surface area contributed by atoms with E-state index in [0.717, 1.165) is 11.3 Å². The molecule has 46 heavy (non-hydrogen) atoms. The van der Waals surface area contributed by atoms with Crippen molar-refractivity contribution in [3.05, 3.63) is 158 Å². The molecular weight excluding hydrogens is 560 g/mol. The van der Waals surface area contributed by atoms with Crippen LogP contribution in [-0.4, -0.2) is 19.9 Å². The highest BCUT2D eigenvalue weighted by molar-refractivity contribution is 6.22. The Hall–Kier alpha value is -6.26. The molecular formula is C42H26N4. The second-order valence-electron chi connectivity index (χ2n) is 11.5. The molecule has 0 spiro atoms. The fourth-order valence-corrected chi connectivity index (χ4v) is 6.74. The topological polar surface area (TPSA) is 51.6 Å². The number of hydrogen-bond donors (Lipinski definition) is 0. The van der Waals surface area contributed by atoms with E-state index < -0.39 is 0 Å². The molecule has 0 atom stereocenters. The SMILES string of the molecule is c1cc(-c2ccc3c(-c4ccc5ccccc5c4)c4ccccc4c(-c4ccc5ccccc5c4)c3c2)nc(-c2ncncn2)c1. The van der Waals surface area contributed by atoms with Gasteiger partial charge in [-0.1, -0.05) is 115 Å². The number of fused-ring (bicyclic) bond motifs is 4. The summed E-state index contributed by atoms with van der Waals surface area (Å²) in [7, 11) is 0. The number of pyridine rings is 1. The molecule has 9 aromatic rings. The quantitative estimate of drug-likeness (QED) is 0.193. The summed E-state index contributed by atoms with van der Waals surface area (Å²) in [6.07, 6.45) is 3.00. The molecule has 0 aliphatic heterocycles. The monoisotopic (exact) mass is 586 g/mol. The van der Waals surface area contributed by atoms with Crippen molar-refractivity contribution in [2.45, 2.75) is 0 Å². The van der Waals surface area contributed by atoms with Crippen LogP contribution >= 0.6 is 0 Å². The van der Waals surface area contributed by atoms with Crippen LogP contribution in [0.15, 0.2) is 158 Å². The first-order valence-electron chi connectivity index (χ1n) is 15.4. The van der Waals surface area contributed by atoms with Gasteiger partial charge in [-0.05, 0) is 95.7 Å². The van der Waals surface area contributed by atoms with Crippen LogP contribution in [0.1, 0.15) is 0 Å². The molecule has 0 saturated heterocycles. The van der Waals surface area contributed by atoms with E-state index in [1.54, 1.807) is 0 Å². The maximum absolute atomic E-state index is 4.99. The Morgan fingerprint density at radius 2 is 0.870 bits per heavy atom. The van der Waals surface area contributed by atoms with Crippen molar-refractivity contribution in [3.63, 3.8) is 0 Å². The highest BCUT2D eigenvalue weighted by Gasteiger charge is 2.18.